The maximum atomic E-state index is 12.9. The predicted octanol–water partition coefficient (Wildman–Crippen LogP) is 4.22. The van der Waals surface area contributed by atoms with Gasteiger partial charge in [-0.15, -0.1) is 0 Å². The Morgan fingerprint density at radius 3 is 2.12 bits per heavy atom. The summed E-state index contributed by atoms with van der Waals surface area (Å²) in [5, 5.41) is 0. The highest BCUT2D eigenvalue weighted by molar-refractivity contribution is 7.89. The van der Waals surface area contributed by atoms with Crippen LogP contribution in [0.5, 0.6) is 0 Å². The van der Waals surface area contributed by atoms with Crippen molar-refractivity contribution in [2.24, 2.45) is 0 Å². The minimum atomic E-state index is -3.53. The molecule has 2 rings (SSSR count). The Balaban J connectivity index is 2.26. The SMILES string of the molecule is CCC(Cc1cccc(C)c1)NS(=O)(=O)c1c(C)cc(C)cc1C. The normalized spacial score (nSPS) is 13.0. The molecule has 3 nitrogen and oxygen atoms in total. The van der Waals surface area contributed by atoms with E-state index in [4.69, 9.17) is 0 Å². The van der Waals surface area contributed by atoms with Gasteiger partial charge in [0.2, 0.25) is 10.0 Å². The van der Waals surface area contributed by atoms with E-state index in [2.05, 4.69) is 10.8 Å². The minimum Gasteiger partial charge on any atom is -0.208 e. The highest BCUT2D eigenvalue weighted by Crippen LogP contribution is 2.22. The molecule has 130 valence electrons. The molecule has 0 saturated carbocycles. The van der Waals surface area contributed by atoms with E-state index >= 15 is 0 Å². The molecule has 2 aromatic carbocycles. The highest BCUT2D eigenvalue weighted by Gasteiger charge is 2.23. The highest BCUT2D eigenvalue weighted by atomic mass is 32.2. The second-order valence-corrected chi connectivity index (χ2v) is 8.30. The van der Waals surface area contributed by atoms with Crippen molar-refractivity contribution in [1.29, 1.82) is 0 Å². The Labute approximate surface area is 146 Å². The standard InChI is InChI=1S/C20H27NO2S/c1-6-19(13-18-9-7-8-14(2)12-18)21-24(22,23)20-16(4)10-15(3)11-17(20)5/h7-12,19,21H,6,13H2,1-5H3. The predicted molar refractivity (Wildman–Crippen MR) is 99.9 cm³/mol. The van der Waals surface area contributed by atoms with Gasteiger partial charge in [-0.25, -0.2) is 13.1 Å². The molecule has 1 atom stereocenters. The molecule has 2 aromatic rings. The van der Waals surface area contributed by atoms with Gasteiger partial charge in [0.15, 0.2) is 0 Å². The maximum absolute atomic E-state index is 12.9. The average Bonchev–Trinajstić information content (AvgIpc) is 2.44. The van der Waals surface area contributed by atoms with Crippen molar-refractivity contribution in [3.8, 4) is 0 Å². The molecule has 4 heteroatoms. The van der Waals surface area contributed by atoms with Gasteiger partial charge in [0.05, 0.1) is 4.90 Å². The zero-order valence-electron chi connectivity index (χ0n) is 15.2. The summed E-state index contributed by atoms with van der Waals surface area (Å²) in [6.45, 7) is 9.76. The van der Waals surface area contributed by atoms with Crippen LogP contribution in [0.15, 0.2) is 41.3 Å². The van der Waals surface area contributed by atoms with Crippen molar-refractivity contribution in [2.75, 3.05) is 0 Å². The van der Waals surface area contributed by atoms with Crippen molar-refractivity contribution in [3.63, 3.8) is 0 Å². The van der Waals surface area contributed by atoms with Gasteiger partial charge in [-0.1, -0.05) is 54.4 Å². The van der Waals surface area contributed by atoms with Crippen LogP contribution in [0.2, 0.25) is 0 Å². The topological polar surface area (TPSA) is 46.2 Å². The van der Waals surface area contributed by atoms with Gasteiger partial charge in [-0.3, -0.25) is 0 Å². The monoisotopic (exact) mass is 345 g/mol. The van der Waals surface area contributed by atoms with Gasteiger partial charge in [0.25, 0.3) is 0 Å². The van der Waals surface area contributed by atoms with Crippen LogP contribution in [0.3, 0.4) is 0 Å². The molecule has 0 amide bonds. The zero-order chi connectivity index (χ0) is 17.9. The van der Waals surface area contributed by atoms with Crippen molar-refractivity contribution >= 4 is 10.0 Å². The summed E-state index contributed by atoms with van der Waals surface area (Å²) in [7, 11) is -3.53. The second kappa shape index (κ2) is 7.49. The molecule has 0 fully saturated rings. The molecule has 1 N–H and O–H groups in total. The van der Waals surface area contributed by atoms with Crippen LogP contribution < -0.4 is 4.72 Å². The molecular formula is C20H27NO2S. The van der Waals surface area contributed by atoms with Crippen LogP contribution >= 0.6 is 0 Å². The number of hydrogen-bond acceptors (Lipinski definition) is 2. The molecule has 24 heavy (non-hydrogen) atoms. The van der Waals surface area contributed by atoms with Crippen LogP contribution in [0.25, 0.3) is 0 Å². The van der Waals surface area contributed by atoms with E-state index in [1.54, 1.807) is 0 Å². The van der Waals surface area contributed by atoms with Gasteiger partial charge in [-0.05, 0) is 57.2 Å². The van der Waals surface area contributed by atoms with E-state index in [0.29, 0.717) is 11.3 Å². The van der Waals surface area contributed by atoms with Crippen molar-refractivity contribution < 1.29 is 8.42 Å². The van der Waals surface area contributed by atoms with E-state index < -0.39 is 10.0 Å². The lowest BCUT2D eigenvalue weighted by atomic mass is 10.0. The Morgan fingerprint density at radius 1 is 0.958 bits per heavy atom. The van der Waals surface area contributed by atoms with Crippen molar-refractivity contribution in [2.45, 2.75) is 58.4 Å². The van der Waals surface area contributed by atoms with E-state index in [0.717, 1.165) is 28.7 Å². The third-order valence-corrected chi connectivity index (χ3v) is 6.08. The first-order valence-corrected chi connectivity index (χ1v) is 9.87. The molecule has 0 saturated heterocycles. The quantitative estimate of drug-likeness (QED) is 0.852. The van der Waals surface area contributed by atoms with E-state index in [9.17, 15) is 8.42 Å². The number of sulfonamides is 1. The minimum absolute atomic E-state index is 0.114. The lowest BCUT2D eigenvalue weighted by molar-refractivity contribution is 0.536. The smallest absolute Gasteiger partial charge is 0.208 e. The van der Waals surface area contributed by atoms with Crippen LogP contribution in [0.4, 0.5) is 0 Å². The maximum Gasteiger partial charge on any atom is 0.241 e. The van der Waals surface area contributed by atoms with Crippen LogP contribution in [0, 0.1) is 27.7 Å². The number of hydrogen-bond donors (Lipinski definition) is 1. The lowest BCUT2D eigenvalue weighted by Gasteiger charge is -2.20. The van der Waals surface area contributed by atoms with Crippen LogP contribution in [-0.2, 0) is 16.4 Å². The van der Waals surface area contributed by atoms with Gasteiger partial charge < -0.3 is 0 Å². The zero-order valence-corrected chi connectivity index (χ0v) is 16.0. The molecule has 0 bridgehead atoms. The summed E-state index contributed by atoms with van der Waals surface area (Å²) in [4.78, 5) is 0.413. The summed E-state index contributed by atoms with van der Waals surface area (Å²) >= 11 is 0. The third kappa shape index (κ3) is 4.46. The van der Waals surface area contributed by atoms with Gasteiger partial charge in [-0.2, -0.15) is 0 Å². The summed E-state index contributed by atoms with van der Waals surface area (Å²) in [6, 6.07) is 11.9. The van der Waals surface area contributed by atoms with E-state index in [1.807, 2.05) is 65.0 Å². The number of rotatable bonds is 6. The fourth-order valence-corrected chi connectivity index (χ4v) is 5.03. The Hall–Kier alpha value is -1.65. The Morgan fingerprint density at radius 2 is 1.58 bits per heavy atom. The van der Waals surface area contributed by atoms with Crippen LogP contribution in [-0.4, -0.2) is 14.5 Å². The second-order valence-electron chi connectivity index (χ2n) is 6.65. The number of nitrogens with one attached hydrogen (secondary N) is 1. The summed E-state index contributed by atoms with van der Waals surface area (Å²) in [6.07, 6.45) is 1.44. The van der Waals surface area contributed by atoms with E-state index in [-0.39, 0.29) is 6.04 Å². The first-order valence-electron chi connectivity index (χ1n) is 8.38. The molecule has 0 aliphatic rings. The van der Waals surface area contributed by atoms with Gasteiger partial charge in [0, 0.05) is 6.04 Å². The van der Waals surface area contributed by atoms with Gasteiger partial charge in [0.1, 0.15) is 0 Å². The largest absolute Gasteiger partial charge is 0.241 e. The average molecular weight is 346 g/mol. The Bertz CT molecular complexity index is 802. The number of aryl methyl sites for hydroxylation is 4. The van der Waals surface area contributed by atoms with Gasteiger partial charge >= 0.3 is 0 Å². The Kier molecular flexibility index (Phi) is 5.83. The number of benzene rings is 2. The lowest BCUT2D eigenvalue weighted by Crippen LogP contribution is -2.36. The first-order chi connectivity index (χ1) is 11.2. The molecule has 0 spiro atoms. The van der Waals surface area contributed by atoms with Crippen molar-refractivity contribution in [1.82, 2.24) is 4.72 Å². The summed E-state index contributed by atoms with van der Waals surface area (Å²) < 4.78 is 28.7. The van der Waals surface area contributed by atoms with Crippen molar-refractivity contribution in [3.05, 3.63) is 64.2 Å². The summed E-state index contributed by atoms with van der Waals surface area (Å²) in [5.41, 5.74) is 5.02. The van der Waals surface area contributed by atoms with E-state index in [1.165, 1.54) is 5.56 Å². The molecule has 0 radical (unpaired) electrons. The fourth-order valence-electron chi connectivity index (χ4n) is 3.26. The summed E-state index contributed by atoms with van der Waals surface area (Å²) in [5.74, 6) is 0. The molecule has 0 aliphatic heterocycles. The first kappa shape index (κ1) is 18.7. The molecule has 0 aliphatic carbocycles. The molecule has 0 aromatic heterocycles. The molecule has 0 heterocycles. The third-order valence-electron chi connectivity index (χ3n) is 4.25. The fraction of sp³-hybridized carbons (Fsp3) is 0.400. The molecular weight excluding hydrogens is 318 g/mol. The van der Waals surface area contributed by atoms with Crippen LogP contribution in [0.1, 0.15) is 41.2 Å². The molecule has 1 unspecified atom stereocenters.